The van der Waals surface area contributed by atoms with Crippen molar-refractivity contribution in [3.63, 3.8) is 0 Å². The van der Waals surface area contributed by atoms with E-state index in [0.29, 0.717) is 12.1 Å². The molecule has 6 heteroatoms. The molecule has 2 rings (SSSR count). The first-order chi connectivity index (χ1) is 9.11. The van der Waals surface area contributed by atoms with Crippen LogP contribution in [0.5, 0.6) is 0 Å². The topological polar surface area (TPSA) is 52.6 Å². The summed E-state index contributed by atoms with van der Waals surface area (Å²) in [5, 5.41) is 11.9. The van der Waals surface area contributed by atoms with E-state index >= 15 is 0 Å². The van der Waals surface area contributed by atoms with Crippen LogP contribution in [0.25, 0.3) is 0 Å². The van der Waals surface area contributed by atoms with Crippen molar-refractivity contribution in [1.82, 2.24) is 10.2 Å². The minimum Gasteiger partial charge on any atom is -0.394 e. The lowest BCUT2D eigenvalue weighted by atomic mass is 10.2. The molecule has 1 aromatic rings. The Morgan fingerprint density at radius 3 is 3.11 bits per heavy atom. The van der Waals surface area contributed by atoms with Crippen LogP contribution in [-0.2, 0) is 6.54 Å². The third-order valence-corrected chi connectivity index (χ3v) is 4.06. The van der Waals surface area contributed by atoms with Gasteiger partial charge in [0.25, 0.3) is 0 Å². The second kappa shape index (κ2) is 6.34. The normalized spacial score (nSPS) is 18.7. The fourth-order valence-corrected chi connectivity index (χ4v) is 2.63. The lowest BCUT2D eigenvalue weighted by molar-refractivity contribution is 0.157. The number of amides is 2. The predicted molar refractivity (Wildman–Crippen MR) is 73.1 cm³/mol. The van der Waals surface area contributed by atoms with Crippen molar-refractivity contribution in [1.29, 1.82) is 0 Å². The third-order valence-electron chi connectivity index (χ3n) is 3.29. The van der Waals surface area contributed by atoms with Crippen LogP contribution >= 0.6 is 15.9 Å². The molecule has 1 atom stereocenters. The Kier molecular flexibility index (Phi) is 4.76. The number of carbonyl (C=O) groups is 1. The van der Waals surface area contributed by atoms with E-state index in [4.69, 9.17) is 0 Å². The van der Waals surface area contributed by atoms with Gasteiger partial charge in [-0.05, 0) is 36.6 Å². The Balaban J connectivity index is 1.95. The molecule has 0 radical (unpaired) electrons. The number of aliphatic hydroxyl groups is 1. The van der Waals surface area contributed by atoms with Crippen LogP contribution in [0.3, 0.4) is 0 Å². The second-order valence-corrected chi connectivity index (χ2v) is 5.42. The van der Waals surface area contributed by atoms with E-state index in [2.05, 4.69) is 21.2 Å². The Morgan fingerprint density at radius 2 is 2.37 bits per heavy atom. The van der Waals surface area contributed by atoms with E-state index in [1.54, 1.807) is 11.0 Å². The summed E-state index contributed by atoms with van der Waals surface area (Å²) in [6.45, 7) is 0.893. The van der Waals surface area contributed by atoms with Crippen LogP contribution < -0.4 is 5.32 Å². The molecule has 0 aromatic heterocycles. The van der Waals surface area contributed by atoms with Crippen LogP contribution in [0.4, 0.5) is 9.18 Å². The fourth-order valence-electron chi connectivity index (χ4n) is 2.24. The number of nitrogens with zero attached hydrogens (tertiary/aromatic N) is 1. The van der Waals surface area contributed by atoms with Crippen LogP contribution in [0.1, 0.15) is 18.4 Å². The average molecular weight is 331 g/mol. The molecule has 1 heterocycles. The largest absolute Gasteiger partial charge is 0.394 e. The van der Waals surface area contributed by atoms with Crippen molar-refractivity contribution >= 4 is 22.0 Å². The highest BCUT2D eigenvalue weighted by atomic mass is 79.9. The van der Waals surface area contributed by atoms with Crippen molar-refractivity contribution in [2.24, 2.45) is 0 Å². The lowest BCUT2D eigenvalue weighted by Gasteiger charge is -2.23. The van der Waals surface area contributed by atoms with Gasteiger partial charge >= 0.3 is 6.03 Å². The van der Waals surface area contributed by atoms with Gasteiger partial charge < -0.3 is 15.3 Å². The van der Waals surface area contributed by atoms with E-state index in [0.717, 1.165) is 17.3 Å². The van der Waals surface area contributed by atoms with Crippen LogP contribution in [-0.4, -0.2) is 35.2 Å². The van der Waals surface area contributed by atoms with Crippen molar-refractivity contribution in [2.75, 3.05) is 13.2 Å². The maximum atomic E-state index is 13.1. The number of aliphatic hydroxyl groups excluding tert-OH is 1. The van der Waals surface area contributed by atoms with Gasteiger partial charge in [-0.3, -0.25) is 0 Å². The standard InChI is InChI=1S/C13H16BrFN2O2/c14-12-4-3-10(15)6-9(12)7-16-13(19)17-5-1-2-11(17)8-18/h3-4,6,11,18H,1-2,5,7-8H2,(H,16,19). The molecule has 2 amide bonds. The van der Waals surface area contributed by atoms with Crippen LogP contribution in [0.15, 0.2) is 22.7 Å². The van der Waals surface area contributed by atoms with Gasteiger partial charge in [0.05, 0.1) is 12.6 Å². The molecule has 1 fully saturated rings. The molecular formula is C13H16BrFN2O2. The van der Waals surface area contributed by atoms with Crippen molar-refractivity contribution in [3.8, 4) is 0 Å². The quantitative estimate of drug-likeness (QED) is 0.893. The molecule has 0 aliphatic carbocycles. The van der Waals surface area contributed by atoms with E-state index in [1.165, 1.54) is 12.1 Å². The molecule has 2 N–H and O–H groups in total. The number of nitrogens with one attached hydrogen (secondary N) is 1. The summed E-state index contributed by atoms with van der Waals surface area (Å²) in [5.41, 5.74) is 0.688. The molecule has 0 spiro atoms. The fraction of sp³-hybridized carbons (Fsp3) is 0.462. The van der Waals surface area contributed by atoms with Crippen molar-refractivity contribution < 1.29 is 14.3 Å². The highest BCUT2D eigenvalue weighted by Gasteiger charge is 2.27. The highest BCUT2D eigenvalue weighted by molar-refractivity contribution is 9.10. The van der Waals surface area contributed by atoms with Gasteiger partial charge in [0.2, 0.25) is 0 Å². The van der Waals surface area contributed by atoms with Crippen molar-refractivity contribution in [3.05, 3.63) is 34.1 Å². The first-order valence-electron chi connectivity index (χ1n) is 6.21. The van der Waals surface area contributed by atoms with E-state index in [1.807, 2.05) is 0 Å². The number of urea groups is 1. The Labute approximate surface area is 119 Å². The molecule has 0 bridgehead atoms. The molecule has 19 heavy (non-hydrogen) atoms. The molecular weight excluding hydrogens is 315 g/mol. The Hall–Kier alpha value is -1.14. The SMILES string of the molecule is O=C(NCc1cc(F)ccc1Br)N1CCCC1CO. The summed E-state index contributed by atoms with van der Waals surface area (Å²) in [5.74, 6) is -0.332. The Morgan fingerprint density at radius 1 is 1.58 bits per heavy atom. The summed E-state index contributed by atoms with van der Waals surface area (Å²) in [6, 6.07) is 4.04. The summed E-state index contributed by atoms with van der Waals surface area (Å²) >= 11 is 3.32. The smallest absolute Gasteiger partial charge is 0.317 e. The van der Waals surface area contributed by atoms with Gasteiger partial charge in [0, 0.05) is 17.6 Å². The first-order valence-corrected chi connectivity index (χ1v) is 7.00. The monoisotopic (exact) mass is 330 g/mol. The van der Waals surface area contributed by atoms with Crippen LogP contribution in [0, 0.1) is 5.82 Å². The first kappa shape index (κ1) is 14.3. The zero-order chi connectivity index (χ0) is 13.8. The summed E-state index contributed by atoms with van der Waals surface area (Å²) in [6.07, 6.45) is 1.73. The summed E-state index contributed by atoms with van der Waals surface area (Å²) in [7, 11) is 0. The summed E-state index contributed by atoms with van der Waals surface area (Å²) < 4.78 is 13.9. The number of hydrogen-bond acceptors (Lipinski definition) is 2. The van der Waals surface area contributed by atoms with Gasteiger partial charge in [0.1, 0.15) is 5.82 Å². The molecule has 4 nitrogen and oxygen atoms in total. The van der Waals surface area contributed by atoms with Gasteiger partial charge in [-0.15, -0.1) is 0 Å². The van der Waals surface area contributed by atoms with E-state index in [9.17, 15) is 14.3 Å². The minimum atomic E-state index is -0.332. The Bertz CT molecular complexity index is 470. The third kappa shape index (κ3) is 3.45. The maximum Gasteiger partial charge on any atom is 0.317 e. The van der Waals surface area contributed by atoms with Gasteiger partial charge in [0.15, 0.2) is 0 Å². The number of carbonyl (C=O) groups excluding carboxylic acids is 1. The molecule has 1 saturated heterocycles. The summed E-state index contributed by atoms with van der Waals surface area (Å²) in [4.78, 5) is 13.6. The molecule has 1 aliphatic heterocycles. The average Bonchev–Trinajstić information content (AvgIpc) is 2.88. The number of likely N-dealkylation sites (tertiary alicyclic amines) is 1. The number of halogens is 2. The number of benzene rings is 1. The van der Waals surface area contributed by atoms with E-state index < -0.39 is 0 Å². The van der Waals surface area contributed by atoms with Crippen molar-refractivity contribution in [2.45, 2.75) is 25.4 Å². The maximum absolute atomic E-state index is 13.1. The van der Waals surface area contributed by atoms with Crippen LogP contribution in [0.2, 0.25) is 0 Å². The zero-order valence-corrected chi connectivity index (χ0v) is 12.0. The zero-order valence-electron chi connectivity index (χ0n) is 10.4. The lowest BCUT2D eigenvalue weighted by Crippen LogP contribution is -2.43. The van der Waals surface area contributed by atoms with E-state index in [-0.39, 0.29) is 31.0 Å². The minimum absolute atomic E-state index is 0.0168. The predicted octanol–water partition coefficient (Wildman–Crippen LogP) is 2.25. The number of rotatable bonds is 3. The molecule has 104 valence electrons. The molecule has 1 unspecified atom stereocenters. The second-order valence-electron chi connectivity index (χ2n) is 4.57. The highest BCUT2D eigenvalue weighted by Crippen LogP contribution is 2.19. The molecule has 1 aliphatic rings. The van der Waals surface area contributed by atoms with Gasteiger partial charge in [-0.2, -0.15) is 0 Å². The molecule has 0 saturated carbocycles. The number of hydrogen-bond donors (Lipinski definition) is 2. The molecule has 1 aromatic carbocycles. The van der Waals surface area contributed by atoms with Gasteiger partial charge in [-0.1, -0.05) is 15.9 Å². The van der Waals surface area contributed by atoms with Gasteiger partial charge in [-0.25, -0.2) is 9.18 Å².